The fourth-order valence-corrected chi connectivity index (χ4v) is 3.11. The van der Waals surface area contributed by atoms with Crippen molar-refractivity contribution in [2.45, 2.75) is 31.3 Å². The van der Waals surface area contributed by atoms with Crippen molar-refractivity contribution in [2.24, 2.45) is 5.73 Å². The first-order valence-electron chi connectivity index (χ1n) is 7.29. The van der Waals surface area contributed by atoms with Crippen molar-refractivity contribution >= 4 is 21.6 Å². The highest BCUT2D eigenvalue weighted by Crippen LogP contribution is 2.23. The molecule has 24 heavy (non-hydrogen) atoms. The summed E-state index contributed by atoms with van der Waals surface area (Å²) in [5.41, 5.74) is 5.13. The Kier molecular flexibility index (Phi) is 4.84. The molecule has 2 aromatic rings. The Balaban J connectivity index is 2.27. The molecule has 0 saturated heterocycles. The number of ether oxygens (including phenoxy) is 1. The molecule has 7 heteroatoms. The van der Waals surface area contributed by atoms with Crippen LogP contribution in [0, 0.1) is 0 Å². The number of rotatable bonds is 5. The lowest BCUT2D eigenvalue weighted by atomic mass is 10.2. The molecule has 1 amide bonds. The number of benzene rings is 2. The summed E-state index contributed by atoms with van der Waals surface area (Å²) >= 11 is 0. The smallest absolute Gasteiger partial charge is 0.261 e. The Morgan fingerprint density at radius 2 is 1.62 bits per heavy atom. The number of nitrogens with one attached hydrogen (secondary N) is 1. The molecule has 6 nitrogen and oxygen atoms in total. The summed E-state index contributed by atoms with van der Waals surface area (Å²) in [6, 6.07) is 12.2. The van der Waals surface area contributed by atoms with Gasteiger partial charge in [0.2, 0.25) is 0 Å². The van der Waals surface area contributed by atoms with Gasteiger partial charge in [-0.15, -0.1) is 0 Å². The van der Waals surface area contributed by atoms with E-state index in [0.717, 1.165) is 0 Å². The zero-order chi connectivity index (χ0) is 18.0. The summed E-state index contributed by atoms with van der Waals surface area (Å²) in [7, 11) is -3.84. The van der Waals surface area contributed by atoms with Crippen LogP contribution in [0.4, 0.5) is 5.69 Å². The first-order valence-corrected chi connectivity index (χ1v) is 8.77. The highest BCUT2D eigenvalue weighted by Gasteiger charge is 2.18. The maximum atomic E-state index is 12.5. The Morgan fingerprint density at radius 1 is 1.04 bits per heavy atom. The van der Waals surface area contributed by atoms with Gasteiger partial charge >= 0.3 is 0 Å². The van der Waals surface area contributed by atoms with E-state index in [-0.39, 0.29) is 21.7 Å². The van der Waals surface area contributed by atoms with Crippen LogP contribution in [0.1, 0.15) is 31.1 Å². The largest absolute Gasteiger partial charge is 0.488 e. The van der Waals surface area contributed by atoms with Gasteiger partial charge in [-0.05, 0) is 57.2 Å². The highest BCUT2D eigenvalue weighted by atomic mass is 32.2. The molecular weight excluding hydrogens is 328 g/mol. The minimum absolute atomic E-state index is 0.0584. The zero-order valence-electron chi connectivity index (χ0n) is 13.7. The van der Waals surface area contributed by atoms with Crippen molar-refractivity contribution < 1.29 is 17.9 Å². The van der Waals surface area contributed by atoms with Gasteiger partial charge in [-0.1, -0.05) is 12.1 Å². The lowest BCUT2D eigenvalue weighted by molar-refractivity contribution is 0.100. The molecular formula is C17H20N2O4S. The maximum Gasteiger partial charge on any atom is 0.261 e. The predicted octanol–water partition coefficient (Wildman–Crippen LogP) is 2.76. The summed E-state index contributed by atoms with van der Waals surface area (Å²) in [6.45, 7) is 5.71. The number of nitrogens with two attached hydrogens (primary N) is 1. The number of hydrogen-bond donors (Lipinski definition) is 2. The topological polar surface area (TPSA) is 98.5 Å². The number of carbonyl (C=O) groups excluding carboxylic acids is 1. The second kappa shape index (κ2) is 6.52. The standard InChI is InChI=1S/C17H20N2O4S/c1-17(2,3)23-12-8-10-13(11-9-12)24(21,22)19-15-7-5-4-6-14(15)16(18)20/h4-11,19H,1-3H3,(H2,18,20). The maximum absolute atomic E-state index is 12.5. The van der Waals surface area contributed by atoms with Crippen molar-refractivity contribution in [3.8, 4) is 5.75 Å². The second-order valence-electron chi connectivity index (χ2n) is 6.20. The normalized spacial score (nSPS) is 11.8. The number of para-hydroxylation sites is 1. The molecule has 0 fully saturated rings. The van der Waals surface area contributed by atoms with E-state index in [1.807, 2.05) is 20.8 Å². The van der Waals surface area contributed by atoms with E-state index in [2.05, 4.69) is 4.72 Å². The first kappa shape index (κ1) is 17.8. The molecule has 0 heterocycles. The Bertz CT molecular complexity index is 838. The van der Waals surface area contributed by atoms with Crippen LogP contribution in [-0.4, -0.2) is 19.9 Å². The summed E-state index contributed by atoms with van der Waals surface area (Å²) in [6.07, 6.45) is 0. The van der Waals surface area contributed by atoms with Crippen LogP contribution in [0.5, 0.6) is 5.75 Å². The number of hydrogen-bond acceptors (Lipinski definition) is 4. The quantitative estimate of drug-likeness (QED) is 0.868. The summed E-state index contributed by atoms with van der Waals surface area (Å²) in [5, 5.41) is 0. The van der Waals surface area contributed by atoms with Gasteiger partial charge in [0.05, 0.1) is 16.1 Å². The minimum atomic E-state index is -3.84. The fraction of sp³-hybridized carbons (Fsp3) is 0.235. The molecule has 0 unspecified atom stereocenters. The molecule has 0 aromatic heterocycles. The molecule has 0 bridgehead atoms. The van der Waals surface area contributed by atoms with Crippen molar-refractivity contribution in [2.75, 3.05) is 4.72 Å². The molecule has 0 saturated carbocycles. The van der Waals surface area contributed by atoms with Crippen molar-refractivity contribution in [3.63, 3.8) is 0 Å². The van der Waals surface area contributed by atoms with Gasteiger partial charge in [0, 0.05) is 0 Å². The lowest BCUT2D eigenvalue weighted by Crippen LogP contribution is -2.23. The van der Waals surface area contributed by atoms with Gasteiger partial charge < -0.3 is 10.5 Å². The molecule has 2 rings (SSSR count). The fourth-order valence-electron chi connectivity index (χ4n) is 2.03. The van der Waals surface area contributed by atoms with Crippen LogP contribution >= 0.6 is 0 Å². The second-order valence-corrected chi connectivity index (χ2v) is 7.88. The van der Waals surface area contributed by atoms with Crippen molar-refractivity contribution in [1.82, 2.24) is 0 Å². The summed E-state index contributed by atoms with van der Waals surface area (Å²) in [4.78, 5) is 11.5. The number of amides is 1. The number of carbonyl (C=O) groups is 1. The third kappa shape index (κ3) is 4.48. The third-order valence-corrected chi connectivity index (χ3v) is 4.38. The molecule has 3 N–H and O–H groups in total. The molecule has 0 atom stereocenters. The van der Waals surface area contributed by atoms with Gasteiger partial charge in [0.1, 0.15) is 11.4 Å². The van der Waals surface area contributed by atoms with Gasteiger partial charge in [-0.3, -0.25) is 9.52 Å². The van der Waals surface area contributed by atoms with E-state index >= 15 is 0 Å². The van der Waals surface area contributed by atoms with E-state index in [4.69, 9.17) is 10.5 Å². The average molecular weight is 348 g/mol. The predicted molar refractivity (Wildman–Crippen MR) is 92.6 cm³/mol. The van der Waals surface area contributed by atoms with E-state index < -0.39 is 15.9 Å². The van der Waals surface area contributed by atoms with E-state index in [0.29, 0.717) is 5.75 Å². The Hall–Kier alpha value is -2.54. The Labute approximate surface area is 141 Å². The van der Waals surface area contributed by atoms with E-state index in [1.54, 1.807) is 24.3 Å². The molecule has 0 radical (unpaired) electrons. The number of primary amides is 1. The van der Waals surface area contributed by atoms with Gasteiger partial charge in [-0.2, -0.15) is 0 Å². The summed E-state index contributed by atoms with van der Waals surface area (Å²) < 4.78 is 33.0. The lowest BCUT2D eigenvalue weighted by Gasteiger charge is -2.21. The van der Waals surface area contributed by atoms with Crippen molar-refractivity contribution in [1.29, 1.82) is 0 Å². The zero-order valence-corrected chi connectivity index (χ0v) is 14.6. The van der Waals surface area contributed by atoms with Crippen LogP contribution in [0.3, 0.4) is 0 Å². The first-order chi connectivity index (χ1) is 11.1. The van der Waals surface area contributed by atoms with Crippen LogP contribution in [0.15, 0.2) is 53.4 Å². The van der Waals surface area contributed by atoms with Gasteiger partial charge in [0.25, 0.3) is 15.9 Å². The summed E-state index contributed by atoms with van der Waals surface area (Å²) in [5.74, 6) is -0.138. The van der Waals surface area contributed by atoms with Crippen LogP contribution in [0.2, 0.25) is 0 Å². The number of sulfonamides is 1. The van der Waals surface area contributed by atoms with Crippen LogP contribution in [-0.2, 0) is 10.0 Å². The minimum Gasteiger partial charge on any atom is -0.488 e. The highest BCUT2D eigenvalue weighted by molar-refractivity contribution is 7.92. The number of anilines is 1. The molecule has 0 aliphatic carbocycles. The molecule has 0 aliphatic rings. The van der Waals surface area contributed by atoms with Crippen molar-refractivity contribution in [3.05, 3.63) is 54.1 Å². The van der Waals surface area contributed by atoms with Crippen LogP contribution < -0.4 is 15.2 Å². The van der Waals surface area contributed by atoms with E-state index in [1.165, 1.54) is 24.3 Å². The molecule has 0 aliphatic heterocycles. The SMILES string of the molecule is CC(C)(C)Oc1ccc(S(=O)(=O)Nc2ccccc2C(N)=O)cc1. The third-order valence-electron chi connectivity index (χ3n) is 2.99. The molecule has 2 aromatic carbocycles. The van der Waals surface area contributed by atoms with Gasteiger partial charge in [-0.25, -0.2) is 8.42 Å². The van der Waals surface area contributed by atoms with Crippen LogP contribution in [0.25, 0.3) is 0 Å². The van der Waals surface area contributed by atoms with Gasteiger partial charge in [0.15, 0.2) is 0 Å². The average Bonchev–Trinajstić information content (AvgIpc) is 2.46. The Morgan fingerprint density at radius 3 is 2.17 bits per heavy atom. The molecule has 0 spiro atoms. The monoisotopic (exact) mass is 348 g/mol. The van der Waals surface area contributed by atoms with E-state index in [9.17, 15) is 13.2 Å². The molecule has 128 valence electrons.